The molecule has 0 aliphatic heterocycles. The molecule has 0 radical (unpaired) electrons. The minimum atomic E-state index is 0.414. The predicted molar refractivity (Wildman–Crippen MR) is 68.3 cm³/mol. The number of benzene rings is 1. The van der Waals surface area contributed by atoms with Crippen LogP contribution in [0, 0.1) is 0 Å². The van der Waals surface area contributed by atoms with Crippen molar-refractivity contribution < 1.29 is 4.74 Å². The third kappa shape index (κ3) is 2.59. The van der Waals surface area contributed by atoms with Crippen LogP contribution in [0.4, 0.5) is 0 Å². The van der Waals surface area contributed by atoms with E-state index in [1.54, 1.807) is 12.3 Å². The van der Waals surface area contributed by atoms with Gasteiger partial charge in [0, 0.05) is 16.8 Å². The van der Waals surface area contributed by atoms with Gasteiger partial charge in [0.05, 0.1) is 11.8 Å². The summed E-state index contributed by atoms with van der Waals surface area (Å²) in [6, 6.07) is 11.6. The monoisotopic (exact) mass is 245 g/mol. The van der Waals surface area contributed by atoms with Gasteiger partial charge in [0.25, 0.3) is 0 Å². The Morgan fingerprint density at radius 3 is 2.82 bits per heavy atom. The van der Waals surface area contributed by atoms with Crippen LogP contribution in [-0.4, -0.2) is 11.1 Å². The van der Waals surface area contributed by atoms with Crippen LogP contribution in [0.1, 0.15) is 12.8 Å². The molecule has 1 aromatic heterocycles. The first-order valence-electron chi connectivity index (χ1n) is 5.70. The van der Waals surface area contributed by atoms with E-state index in [9.17, 15) is 0 Å². The van der Waals surface area contributed by atoms with E-state index in [0.717, 1.165) is 17.0 Å². The Hall–Kier alpha value is -1.54. The van der Waals surface area contributed by atoms with Crippen molar-refractivity contribution in [2.75, 3.05) is 0 Å². The van der Waals surface area contributed by atoms with Crippen LogP contribution in [0.25, 0.3) is 11.3 Å². The maximum atomic E-state index is 5.96. The Balaban J connectivity index is 1.91. The van der Waals surface area contributed by atoms with Gasteiger partial charge in [0.2, 0.25) is 0 Å². The van der Waals surface area contributed by atoms with Crippen molar-refractivity contribution in [3.8, 4) is 17.0 Å². The zero-order chi connectivity index (χ0) is 11.7. The molecule has 0 spiro atoms. The summed E-state index contributed by atoms with van der Waals surface area (Å²) in [5.41, 5.74) is 1.91. The van der Waals surface area contributed by atoms with Crippen molar-refractivity contribution in [3.05, 3.63) is 47.6 Å². The molecule has 0 unspecified atom stereocenters. The summed E-state index contributed by atoms with van der Waals surface area (Å²) in [5, 5.41) is 0.698. The van der Waals surface area contributed by atoms with Gasteiger partial charge in [-0.3, -0.25) is 4.98 Å². The molecule has 1 aromatic carbocycles. The summed E-state index contributed by atoms with van der Waals surface area (Å²) in [6.45, 7) is 0. The highest BCUT2D eigenvalue weighted by atomic mass is 35.5. The first-order valence-corrected chi connectivity index (χ1v) is 6.08. The second-order valence-electron chi connectivity index (χ2n) is 4.20. The molecule has 0 saturated heterocycles. The fourth-order valence-electron chi connectivity index (χ4n) is 1.67. The van der Waals surface area contributed by atoms with E-state index < -0.39 is 0 Å². The number of halogens is 1. The molecular weight excluding hydrogens is 234 g/mol. The number of ether oxygens (including phenoxy) is 1. The Morgan fingerprint density at radius 1 is 1.18 bits per heavy atom. The van der Waals surface area contributed by atoms with Gasteiger partial charge in [-0.25, -0.2) is 0 Å². The molecule has 0 atom stereocenters. The molecule has 2 nitrogen and oxygen atoms in total. The van der Waals surface area contributed by atoms with Gasteiger partial charge < -0.3 is 4.74 Å². The number of pyridine rings is 1. The lowest BCUT2D eigenvalue weighted by atomic mass is 10.1. The molecule has 3 rings (SSSR count). The van der Waals surface area contributed by atoms with E-state index in [1.807, 2.05) is 30.3 Å². The molecule has 86 valence electrons. The molecule has 2 aromatic rings. The smallest absolute Gasteiger partial charge is 0.120 e. The summed E-state index contributed by atoms with van der Waals surface area (Å²) >= 11 is 5.96. The van der Waals surface area contributed by atoms with Crippen LogP contribution in [0.3, 0.4) is 0 Å². The standard InChI is InChI=1S/C14H12ClNO/c15-11-6-7-16-14(9-11)10-2-1-3-13(8-10)17-12-4-5-12/h1-3,6-9,12H,4-5H2. The second kappa shape index (κ2) is 4.38. The van der Waals surface area contributed by atoms with E-state index in [0.29, 0.717) is 11.1 Å². The van der Waals surface area contributed by atoms with Gasteiger partial charge in [-0.05, 0) is 37.1 Å². The maximum Gasteiger partial charge on any atom is 0.120 e. The normalized spacial score (nSPS) is 14.6. The lowest BCUT2D eigenvalue weighted by molar-refractivity contribution is 0.303. The zero-order valence-electron chi connectivity index (χ0n) is 9.27. The zero-order valence-corrected chi connectivity index (χ0v) is 10.0. The third-order valence-electron chi connectivity index (χ3n) is 2.68. The van der Waals surface area contributed by atoms with Crippen LogP contribution in [0.15, 0.2) is 42.6 Å². The molecule has 3 heteroatoms. The van der Waals surface area contributed by atoms with Crippen molar-refractivity contribution >= 4 is 11.6 Å². The van der Waals surface area contributed by atoms with Gasteiger partial charge in [-0.1, -0.05) is 23.7 Å². The highest BCUT2D eigenvalue weighted by Crippen LogP contribution is 2.29. The molecule has 0 bridgehead atoms. The largest absolute Gasteiger partial charge is 0.490 e. The molecule has 1 aliphatic carbocycles. The second-order valence-corrected chi connectivity index (χ2v) is 4.64. The molecule has 0 N–H and O–H groups in total. The van der Waals surface area contributed by atoms with Gasteiger partial charge in [0.15, 0.2) is 0 Å². The molecular formula is C14H12ClNO. The van der Waals surface area contributed by atoms with E-state index in [-0.39, 0.29) is 0 Å². The van der Waals surface area contributed by atoms with Crippen molar-refractivity contribution in [1.29, 1.82) is 0 Å². The Morgan fingerprint density at radius 2 is 2.06 bits per heavy atom. The van der Waals surface area contributed by atoms with Gasteiger partial charge in [-0.2, -0.15) is 0 Å². The minimum absolute atomic E-state index is 0.414. The molecule has 0 amide bonds. The molecule has 17 heavy (non-hydrogen) atoms. The number of nitrogens with zero attached hydrogens (tertiary/aromatic N) is 1. The summed E-state index contributed by atoms with van der Waals surface area (Å²) in [7, 11) is 0. The Labute approximate surface area is 105 Å². The van der Waals surface area contributed by atoms with Crippen molar-refractivity contribution in [2.24, 2.45) is 0 Å². The van der Waals surface area contributed by atoms with E-state index in [1.165, 1.54) is 12.8 Å². The topological polar surface area (TPSA) is 22.1 Å². The van der Waals surface area contributed by atoms with E-state index in [4.69, 9.17) is 16.3 Å². The Bertz CT molecular complexity index is 537. The van der Waals surface area contributed by atoms with Crippen molar-refractivity contribution in [2.45, 2.75) is 18.9 Å². The molecule has 1 saturated carbocycles. The van der Waals surface area contributed by atoms with Crippen LogP contribution in [0.5, 0.6) is 5.75 Å². The average Bonchev–Trinajstić information content (AvgIpc) is 3.13. The maximum absolute atomic E-state index is 5.96. The van der Waals surface area contributed by atoms with Crippen LogP contribution >= 0.6 is 11.6 Å². The summed E-state index contributed by atoms with van der Waals surface area (Å²) in [5.74, 6) is 0.909. The summed E-state index contributed by atoms with van der Waals surface area (Å²) in [4.78, 5) is 4.31. The first-order chi connectivity index (χ1) is 8.31. The SMILES string of the molecule is Clc1ccnc(-c2cccc(OC3CC3)c2)c1. The van der Waals surface area contributed by atoms with E-state index >= 15 is 0 Å². The quantitative estimate of drug-likeness (QED) is 0.817. The van der Waals surface area contributed by atoms with Crippen LogP contribution in [-0.2, 0) is 0 Å². The fourth-order valence-corrected chi connectivity index (χ4v) is 1.83. The van der Waals surface area contributed by atoms with Crippen LogP contribution in [0.2, 0.25) is 5.02 Å². The molecule has 1 heterocycles. The number of hydrogen-bond donors (Lipinski definition) is 0. The molecule has 1 fully saturated rings. The summed E-state index contributed by atoms with van der Waals surface area (Å²) < 4.78 is 5.76. The fraction of sp³-hybridized carbons (Fsp3) is 0.214. The third-order valence-corrected chi connectivity index (χ3v) is 2.91. The predicted octanol–water partition coefficient (Wildman–Crippen LogP) is 3.94. The van der Waals surface area contributed by atoms with E-state index in [2.05, 4.69) is 4.98 Å². The van der Waals surface area contributed by atoms with Gasteiger partial charge in [-0.15, -0.1) is 0 Å². The Kier molecular flexibility index (Phi) is 2.73. The number of hydrogen-bond acceptors (Lipinski definition) is 2. The lowest BCUT2D eigenvalue weighted by Gasteiger charge is -2.06. The first kappa shape index (κ1) is 10.6. The van der Waals surface area contributed by atoms with Crippen molar-refractivity contribution in [1.82, 2.24) is 4.98 Å². The number of aromatic nitrogens is 1. The van der Waals surface area contributed by atoms with Crippen LogP contribution < -0.4 is 4.74 Å². The lowest BCUT2D eigenvalue weighted by Crippen LogP contribution is -1.95. The highest BCUT2D eigenvalue weighted by Gasteiger charge is 2.23. The minimum Gasteiger partial charge on any atom is -0.490 e. The van der Waals surface area contributed by atoms with Gasteiger partial charge in [0.1, 0.15) is 5.75 Å². The average molecular weight is 246 g/mol. The van der Waals surface area contributed by atoms with Crippen molar-refractivity contribution in [3.63, 3.8) is 0 Å². The highest BCUT2D eigenvalue weighted by molar-refractivity contribution is 6.30. The number of rotatable bonds is 3. The van der Waals surface area contributed by atoms with Gasteiger partial charge >= 0.3 is 0 Å². The summed E-state index contributed by atoms with van der Waals surface area (Å²) in [6.07, 6.45) is 4.46. The molecule has 1 aliphatic rings.